The minimum Gasteiger partial charge on any atom is -0.461 e. The van der Waals surface area contributed by atoms with Gasteiger partial charge in [0, 0.05) is 37.5 Å². The van der Waals surface area contributed by atoms with Crippen molar-refractivity contribution in [1.29, 1.82) is 0 Å². The number of likely N-dealkylation sites (N-methyl/N-ethyl adjacent to an activating group) is 1. The van der Waals surface area contributed by atoms with Gasteiger partial charge in [0.1, 0.15) is 24.4 Å². The van der Waals surface area contributed by atoms with Gasteiger partial charge in [0.15, 0.2) is 12.1 Å². The maximum absolute atomic E-state index is 13.9. The highest BCUT2D eigenvalue weighted by Crippen LogP contribution is 2.38. The van der Waals surface area contributed by atoms with Gasteiger partial charge in [-0.15, -0.1) is 0 Å². The molecular formula is C32H55NO11. The summed E-state index contributed by atoms with van der Waals surface area (Å²) in [4.78, 5) is 40.8. The number of aliphatic hydroxyl groups excluding tert-OH is 2. The minimum absolute atomic E-state index is 0.0370. The van der Waals surface area contributed by atoms with E-state index >= 15 is 0 Å². The summed E-state index contributed by atoms with van der Waals surface area (Å²) in [6.45, 7) is 12.5. The summed E-state index contributed by atoms with van der Waals surface area (Å²) in [6.07, 6.45) is -3.58. The van der Waals surface area contributed by atoms with Crippen molar-refractivity contribution in [3.05, 3.63) is 11.6 Å². The Morgan fingerprint density at radius 1 is 1.11 bits per heavy atom. The number of ether oxygens (including phenoxy) is 5. The van der Waals surface area contributed by atoms with Gasteiger partial charge >= 0.3 is 11.9 Å². The molecule has 1 fully saturated rings. The SMILES string of the molecule is CC[C@H]1OC(=O)[C@H](C)C(O)[C@H](C)[C@@H](OC2O[C@H](C)C[C@H](N(C)C)[C@H]2O)[C@@](C)(OC)C[C@@H](C)C(=O)C(COC(C)=O)=C[C@]1(C)O. The van der Waals surface area contributed by atoms with Crippen LogP contribution in [0.5, 0.6) is 0 Å². The molecule has 12 heteroatoms. The molecule has 0 radical (unpaired) electrons. The molecule has 2 unspecified atom stereocenters. The van der Waals surface area contributed by atoms with E-state index in [2.05, 4.69) is 0 Å². The molecule has 0 saturated carbocycles. The van der Waals surface area contributed by atoms with Crippen LogP contribution < -0.4 is 0 Å². The van der Waals surface area contributed by atoms with Gasteiger partial charge in [-0.3, -0.25) is 14.4 Å². The summed E-state index contributed by atoms with van der Waals surface area (Å²) in [5.74, 6) is -4.33. The van der Waals surface area contributed by atoms with Gasteiger partial charge in [-0.05, 0) is 67.1 Å². The van der Waals surface area contributed by atoms with Gasteiger partial charge in [-0.2, -0.15) is 0 Å². The van der Waals surface area contributed by atoms with E-state index in [1.807, 2.05) is 25.9 Å². The summed E-state index contributed by atoms with van der Waals surface area (Å²) in [5.41, 5.74) is -3.00. The molecule has 1 saturated heterocycles. The minimum atomic E-state index is -1.79. The second kappa shape index (κ2) is 15.6. The maximum atomic E-state index is 13.9. The molecule has 0 aromatic heterocycles. The van der Waals surface area contributed by atoms with Gasteiger partial charge in [-0.1, -0.05) is 20.8 Å². The molecule has 2 aliphatic heterocycles. The van der Waals surface area contributed by atoms with Crippen molar-refractivity contribution in [2.75, 3.05) is 27.8 Å². The van der Waals surface area contributed by atoms with Crippen LogP contribution >= 0.6 is 0 Å². The molecule has 0 aromatic carbocycles. The Morgan fingerprint density at radius 3 is 2.25 bits per heavy atom. The number of hydrogen-bond donors (Lipinski definition) is 3. The number of esters is 2. The monoisotopic (exact) mass is 629 g/mol. The second-order valence-electron chi connectivity index (χ2n) is 13.3. The Bertz CT molecular complexity index is 1030. The first-order valence-corrected chi connectivity index (χ1v) is 15.5. The van der Waals surface area contributed by atoms with E-state index in [1.54, 1.807) is 27.7 Å². The molecule has 44 heavy (non-hydrogen) atoms. The predicted molar refractivity (Wildman–Crippen MR) is 161 cm³/mol. The molecule has 0 amide bonds. The van der Waals surface area contributed by atoms with Crippen LogP contribution in [0.2, 0.25) is 0 Å². The first kappa shape index (κ1) is 38.3. The number of nitrogens with zero attached hydrogens (tertiary/aromatic N) is 1. The van der Waals surface area contributed by atoms with Gasteiger partial charge in [0.2, 0.25) is 0 Å². The number of hydrogen-bond acceptors (Lipinski definition) is 12. The molecule has 0 spiro atoms. The number of carbonyl (C=O) groups is 3. The number of carbonyl (C=O) groups excluding carboxylic acids is 3. The molecule has 0 aliphatic carbocycles. The van der Waals surface area contributed by atoms with Crippen molar-refractivity contribution in [2.45, 2.75) is 129 Å². The molecule has 3 N–H and O–H groups in total. The maximum Gasteiger partial charge on any atom is 0.311 e. The van der Waals surface area contributed by atoms with Crippen LogP contribution in [0.1, 0.15) is 74.7 Å². The fourth-order valence-corrected chi connectivity index (χ4v) is 6.40. The number of Topliss-reactive ketones (excluding diaryl/α,β-unsaturated/α-hetero) is 1. The Hall–Kier alpha value is -1.93. The number of cyclic esters (lactones) is 1. The third-order valence-electron chi connectivity index (χ3n) is 9.18. The summed E-state index contributed by atoms with van der Waals surface area (Å²) >= 11 is 0. The van der Waals surface area contributed by atoms with Crippen LogP contribution in [0.4, 0.5) is 0 Å². The van der Waals surface area contributed by atoms with Crippen LogP contribution in [0.3, 0.4) is 0 Å². The van der Waals surface area contributed by atoms with E-state index < -0.39 is 77.4 Å². The van der Waals surface area contributed by atoms with Gasteiger partial charge in [0.05, 0.1) is 29.8 Å². The summed E-state index contributed by atoms with van der Waals surface area (Å²) in [6, 6.07) is -0.265. The summed E-state index contributed by atoms with van der Waals surface area (Å²) < 4.78 is 29.5. The van der Waals surface area contributed by atoms with Crippen molar-refractivity contribution in [1.82, 2.24) is 4.90 Å². The zero-order chi connectivity index (χ0) is 33.7. The lowest BCUT2D eigenvalue weighted by atomic mass is 9.76. The van der Waals surface area contributed by atoms with E-state index in [4.69, 9.17) is 23.7 Å². The Morgan fingerprint density at radius 2 is 1.73 bits per heavy atom. The predicted octanol–water partition coefficient (Wildman–Crippen LogP) is 2.01. The van der Waals surface area contributed by atoms with E-state index in [0.717, 1.165) is 0 Å². The van der Waals surface area contributed by atoms with Gasteiger partial charge in [0.25, 0.3) is 0 Å². The lowest BCUT2D eigenvalue weighted by molar-refractivity contribution is -0.301. The van der Waals surface area contributed by atoms with E-state index in [0.29, 0.717) is 6.42 Å². The quantitative estimate of drug-likeness (QED) is 0.352. The Balaban J connectivity index is 2.68. The smallest absolute Gasteiger partial charge is 0.311 e. The molecule has 2 aliphatic rings. The lowest BCUT2D eigenvalue weighted by Crippen LogP contribution is -2.59. The van der Waals surface area contributed by atoms with Crippen LogP contribution in [0, 0.1) is 17.8 Å². The molecule has 254 valence electrons. The van der Waals surface area contributed by atoms with Gasteiger partial charge < -0.3 is 43.9 Å². The number of rotatable bonds is 7. The molecule has 2 rings (SSSR count). The Labute approximate surface area is 262 Å². The highest BCUT2D eigenvalue weighted by Gasteiger charge is 2.50. The van der Waals surface area contributed by atoms with Crippen molar-refractivity contribution in [2.24, 2.45) is 17.8 Å². The highest BCUT2D eigenvalue weighted by atomic mass is 16.7. The summed E-state index contributed by atoms with van der Waals surface area (Å²) in [7, 11) is 5.18. The molecule has 12 atom stereocenters. The van der Waals surface area contributed by atoms with Crippen molar-refractivity contribution in [3.63, 3.8) is 0 Å². The first-order chi connectivity index (χ1) is 20.3. The van der Waals surface area contributed by atoms with Crippen molar-refractivity contribution >= 4 is 17.7 Å². The topological polar surface area (TPSA) is 161 Å². The standard InChI is InChI=1S/C32H55NO11/c1-12-24-31(7,39)15-22(16-41-21(6)34)25(35)17(2)14-32(8,40-11)28(19(4)26(36)20(5)29(38)43-24)44-30-27(37)23(33(9)10)13-18(3)42-30/h15,17-20,23-24,26-28,30,36-37,39H,12-14,16H2,1-11H3/t17-,18-,19+,20-,23+,24-,26?,27-,28-,30?,31+,32+/m1/s1. The molecule has 2 heterocycles. The third-order valence-corrected chi connectivity index (χ3v) is 9.18. The largest absolute Gasteiger partial charge is 0.461 e. The number of ketones is 1. The van der Waals surface area contributed by atoms with E-state index in [1.165, 1.54) is 34.0 Å². The highest BCUT2D eigenvalue weighted by molar-refractivity contribution is 5.97. The lowest BCUT2D eigenvalue weighted by Gasteiger charge is -2.47. The fraction of sp³-hybridized carbons (Fsp3) is 0.844. The number of aliphatic hydroxyl groups is 3. The third kappa shape index (κ3) is 9.08. The second-order valence-corrected chi connectivity index (χ2v) is 13.3. The Kier molecular flexibility index (Phi) is 13.5. The molecule has 12 nitrogen and oxygen atoms in total. The van der Waals surface area contributed by atoms with Crippen molar-refractivity contribution in [3.8, 4) is 0 Å². The van der Waals surface area contributed by atoms with Crippen LogP contribution in [0.15, 0.2) is 11.6 Å². The van der Waals surface area contributed by atoms with E-state index in [-0.39, 0.29) is 37.2 Å². The average molecular weight is 630 g/mol. The van der Waals surface area contributed by atoms with Crippen LogP contribution in [-0.4, -0.2) is 120 Å². The van der Waals surface area contributed by atoms with Crippen LogP contribution in [-0.2, 0) is 38.1 Å². The van der Waals surface area contributed by atoms with Crippen molar-refractivity contribution < 1.29 is 53.4 Å². The van der Waals surface area contributed by atoms with Crippen LogP contribution in [0.25, 0.3) is 0 Å². The molecule has 0 bridgehead atoms. The van der Waals surface area contributed by atoms with Gasteiger partial charge in [-0.25, -0.2) is 0 Å². The van der Waals surface area contributed by atoms with E-state index in [9.17, 15) is 29.7 Å². The fourth-order valence-electron chi connectivity index (χ4n) is 6.40. The average Bonchev–Trinajstić information content (AvgIpc) is 2.95. The molecule has 0 aromatic rings. The zero-order valence-corrected chi connectivity index (χ0v) is 28.2. The summed E-state index contributed by atoms with van der Waals surface area (Å²) in [5, 5.41) is 34.2. The normalized spacial score (nSPS) is 41.5. The molecular weight excluding hydrogens is 574 g/mol. The number of methoxy groups -OCH3 is 1. The zero-order valence-electron chi connectivity index (χ0n) is 28.2. The first-order valence-electron chi connectivity index (χ1n) is 15.5.